The maximum Gasteiger partial charge on any atom is 0.336 e. The average molecular weight is 439 g/mol. The van der Waals surface area contributed by atoms with Crippen LogP contribution in [-0.2, 0) is 12.8 Å². The fourth-order valence-electron chi connectivity index (χ4n) is 3.31. The number of rotatable bonds is 8. The fourth-order valence-corrected chi connectivity index (χ4v) is 4.13. The fraction of sp³-hybridized carbons (Fsp3) is 0.167. The van der Waals surface area contributed by atoms with E-state index in [0.29, 0.717) is 24.0 Å². The number of aromatic carboxylic acids is 2. The molecule has 0 radical (unpaired) electrons. The van der Waals surface area contributed by atoms with Gasteiger partial charge in [0, 0.05) is 9.79 Å². The van der Waals surface area contributed by atoms with Crippen molar-refractivity contribution in [2.75, 3.05) is 12.5 Å². The molecule has 0 spiro atoms. The Morgan fingerprint density at radius 3 is 1.33 bits per heavy atom. The standard InChI is InChI=1S/C24H22O4S2/c1-29-19-7-3-15(4-8-19)11-17-13-18(12-16-5-9-20(30-2)10-6-16)22(24(27)28)14-21(17)23(25)26/h3-10,13-14H,11-12H2,1-2H3,(H,25,26)(H,27,28). The van der Waals surface area contributed by atoms with Crippen LogP contribution in [0.3, 0.4) is 0 Å². The first-order valence-electron chi connectivity index (χ1n) is 9.29. The summed E-state index contributed by atoms with van der Waals surface area (Å²) >= 11 is 3.28. The van der Waals surface area contributed by atoms with Gasteiger partial charge in [-0.05, 0) is 77.9 Å². The van der Waals surface area contributed by atoms with Gasteiger partial charge in [-0.15, -0.1) is 23.5 Å². The Hall–Kier alpha value is -2.70. The van der Waals surface area contributed by atoms with E-state index in [1.54, 1.807) is 29.6 Å². The quantitative estimate of drug-likeness (QED) is 0.439. The lowest BCUT2D eigenvalue weighted by atomic mass is 9.91. The van der Waals surface area contributed by atoms with E-state index in [2.05, 4.69) is 0 Å². The van der Waals surface area contributed by atoms with Crippen LogP contribution >= 0.6 is 23.5 Å². The molecule has 0 heterocycles. The molecule has 0 unspecified atom stereocenters. The third kappa shape index (κ3) is 5.26. The molecule has 3 aromatic carbocycles. The van der Waals surface area contributed by atoms with Crippen molar-refractivity contribution >= 4 is 35.5 Å². The van der Waals surface area contributed by atoms with Gasteiger partial charge >= 0.3 is 11.9 Å². The molecule has 0 saturated heterocycles. The maximum absolute atomic E-state index is 11.8. The second-order valence-electron chi connectivity index (χ2n) is 6.83. The largest absolute Gasteiger partial charge is 0.478 e. The smallest absolute Gasteiger partial charge is 0.336 e. The van der Waals surface area contributed by atoms with Gasteiger partial charge in [-0.25, -0.2) is 9.59 Å². The van der Waals surface area contributed by atoms with Crippen LogP contribution in [0.4, 0.5) is 0 Å². The average Bonchev–Trinajstić information content (AvgIpc) is 2.74. The van der Waals surface area contributed by atoms with Crippen LogP contribution in [0.2, 0.25) is 0 Å². The summed E-state index contributed by atoms with van der Waals surface area (Å²) in [5.41, 5.74) is 3.24. The van der Waals surface area contributed by atoms with Gasteiger partial charge in [-0.3, -0.25) is 0 Å². The predicted molar refractivity (Wildman–Crippen MR) is 122 cm³/mol. The van der Waals surface area contributed by atoms with Crippen molar-refractivity contribution in [2.24, 2.45) is 0 Å². The molecule has 2 N–H and O–H groups in total. The number of benzene rings is 3. The van der Waals surface area contributed by atoms with Crippen molar-refractivity contribution in [2.45, 2.75) is 22.6 Å². The van der Waals surface area contributed by atoms with E-state index in [1.807, 2.05) is 61.0 Å². The van der Waals surface area contributed by atoms with Gasteiger partial charge in [-0.1, -0.05) is 30.3 Å². The second kappa shape index (κ2) is 9.87. The van der Waals surface area contributed by atoms with Gasteiger partial charge in [0.25, 0.3) is 0 Å². The van der Waals surface area contributed by atoms with Crippen LogP contribution in [0.25, 0.3) is 0 Å². The highest BCUT2D eigenvalue weighted by atomic mass is 32.2. The number of hydrogen-bond donors (Lipinski definition) is 2. The molecule has 154 valence electrons. The Bertz CT molecular complexity index is 975. The Labute approximate surface area is 184 Å². The first-order chi connectivity index (χ1) is 14.4. The summed E-state index contributed by atoms with van der Waals surface area (Å²) in [6, 6.07) is 18.9. The van der Waals surface area contributed by atoms with E-state index >= 15 is 0 Å². The topological polar surface area (TPSA) is 74.6 Å². The Morgan fingerprint density at radius 2 is 1.03 bits per heavy atom. The molecule has 4 nitrogen and oxygen atoms in total. The van der Waals surface area contributed by atoms with E-state index in [9.17, 15) is 19.8 Å². The molecule has 0 bridgehead atoms. The van der Waals surface area contributed by atoms with Crippen molar-refractivity contribution in [1.29, 1.82) is 0 Å². The molecule has 3 aromatic rings. The van der Waals surface area contributed by atoms with Crippen molar-refractivity contribution < 1.29 is 19.8 Å². The normalized spacial score (nSPS) is 10.7. The van der Waals surface area contributed by atoms with E-state index in [4.69, 9.17) is 0 Å². The number of carbonyl (C=O) groups is 2. The van der Waals surface area contributed by atoms with Crippen LogP contribution in [-0.4, -0.2) is 34.7 Å². The van der Waals surface area contributed by atoms with Gasteiger partial charge in [0.1, 0.15) is 0 Å². The molecule has 0 aromatic heterocycles. The van der Waals surface area contributed by atoms with Gasteiger partial charge in [0.15, 0.2) is 0 Å². The van der Waals surface area contributed by atoms with Crippen LogP contribution in [0, 0.1) is 0 Å². The van der Waals surface area contributed by atoms with Gasteiger partial charge < -0.3 is 10.2 Å². The minimum atomic E-state index is -1.12. The molecule has 30 heavy (non-hydrogen) atoms. The van der Waals surface area contributed by atoms with E-state index in [1.165, 1.54) is 6.07 Å². The molecule has 6 heteroatoms. The van der Waals surface area contributed by atoms with Crippen molar-refractivity contribution in [3.63, 3.8) is 0 Å². The first-order valence-corrected chi connectivity index (χ1v) is 11.7. The highest BCUT2D eigenvalue weighted by Gasteiger charge is 2.19. The molecular formula is C24H22O4S2. The zero-order valence-corrected chi connectivity index (χ0v) is 18.3. The van der Waals surface area contributed by atoms with Crippen LogP contribution in [0.15, 0.2) is 70.5 Å². The molecule has 3 rings (SSSR count). The van der Waals surface area contributed by atoms with E-state index in [0.717, 1.165) is 20.9 Å². The monoisotopic (exact) mass is 438 g/mol. The van der Waals surface area contributed by atoms with Crippen LogP contribution in [0.5, 0.6) is 0 Å². The number of hydrogen-bond acceptors (Lipinski definition) is 4. The van der Waals surface area contributed by atoms with Crippen LogP contribution < -0.4 is 0 Å². The zero-order valence-electron chi connectivity index (χ0n) is 16.7. The Morgan fingerprint density at radius 1 is 0.667 bits per heavy atom. The Balaban J connectivity index is 2.02. The molecular weight excluding hydrogens is 416 g/mol. The molecule has 0 fully saturated rings. The highest BCUT2D eigenvalue weighted by molar-refractivity contribution is 7.98. The summed E-state index contributed by atoms with van der Waals surface area (Å²) in [5.74, 6) is -2.24. The summed E-state index contributed by atoms with van der Waals surface area (Å²) in [5, 5.41) is 19.3. The van der Waals surface area contributed by atoms with Gasteiger partial charge in [0.05, 0.1) is 11.1 Å². The third-order valence-corrected chi connectivity index (χ3v) is 6.38. The minimum absolute atomic E-state index is 0.0304. The van der Waals surface area contributed by atoms with E-state index in [-0.39, 0.29) is 11.1 Å². The lowest BCUT2D eigenvalue weighted by Gasteiger charge is -2.14. The zero-order chi connectivity index (χ0) is 21.7. The predicted octanol–water partition coefficient (Wildman–Crippen LogP) is 5.71. The minimum Gasteiger partial charge on any atom is -0.478 e. The lowest BCUT2D eigenvalue weighted by Crippen LogP contribution is -2.11. The van der Waals surface area contributed by atoms with Crippen molar-refractivity contribution in [3.8, 4) is 0 Å². The number of carboxylic acids is 2. The summed E-state index contributed by atoms with van der Waals surface area (Å²) < 4.78 is 0. The molecule has 0 aliphatic rings. The SMILES string of the molecule is CSc1ccc(Cc2cc(Cc3ccc(SC)cc3)c(C(=O)O)cc2C(=O)O)cc1. The molecule has 0 amide bonds. The summed E-state index contributed by atoms with van der Waals surface area (Å²) in [7, 11) is 0. The highest BCUT2D eigenvalue weighted by Crippen LogP contribution is 2.25. The van der Waals surface area contributed by atoms with Gasteiger partial charge in [-0.2, -0.15) is 0 Å². The van der Waals surface area contributed by atoms with Crippen LogP contribution in [0.1, 0.15) is 43.0 Å². The molecule has 0 aliphatic carbocycles. The maximum atomic E-state index is 11.8. The van der Waals surface area contributed by atoms with E-state index < -0.39 is 11.9 Å². The van der Waals surface area contributed by atoms with Gasteiger partial charge in [0.2, 0.25) is 0 Å². The summed E-state index contributed by atoms with van der Waals surface area (Å²) in [4.78, 5) is 25.9. The number of thioether (sulfide) groups is 2. The first kappa shape index (κ1) is 22.0. The van der Waals surface area contributed by atoms with Crippen molar-refractivity contribution in [3.05, 3.63) is 94.0 Å². The summed E-state index contributed by atoms with van der Waals surface area (Å²) in [6.45, 7) is 0. The molecule has 0 saturated carbocycles. The summed E-state index contributed by atoms with van der Waals surface area (Å²) in [6.07, 6.45) is 4.85. The lowest BCUT2D eigenvalue weighted by molar-refractivity contribution is 0.0695. The van der Waals surface area contributed by atoms with Crippen molar-refractivity contribution in [1.82, 2.24) is 0 Å². The molecule has 0 aliphatic heterocycles. The second-order valence-corrected chi connectivity index (χ2v) is 8.59. The number of carboxylic acid groups (broad SMARTS) is 2. The third-order valence-electron chi connectivity index (χ3n) is 4.90. The Kier molecular flexibility index (Phi) is 7.24. The molecule has 0 atom stereocenters.